The number of nitrogens with one attached hydrogen (secondary N) is 1. The highest BCUT2D eigenvalue weighted by molar-refractivity contribution is 5.97. The third-order valence-electron chi connectivity index (χ3n) is 3.14. The molecule has 1 rings (SSSR count). The molecular formula is C15H21N3O4. The van der Waals surface area contributed by atoms with Crippen molar-refractivity contribution in [3.63, 3.8) is 0 Å². The van der Waals surface area contributed by atoms with Crippen molar-refractivity contribution in [2.75, 3.05) is 0 Å². The van der Waals surface area contributed by atoms with Gasteiger partial charge < -0.3 is 10.8 Å². The number of carboxylic acids is 1. The number of hydroxylamine groups is 1. The smallest absolute Gasteiger partial charge is 0.320 e. The van der Waals surface area contributed by atoms with Crippen LogP contribution in [0.15, 0.2) is 23.9 Å². The minimum atomic E-state index is -1.23. The van der Waals surface area contributed by atoms with Gasteiger partial charge in [-0.2, -0.15) is 0 Å². The van der Waals surface area contributed by atoms with Crippen molar-refractivity contribution in [3.8, 4) is 0 Å². The molecule has 1 aromatic rings. The Bertz CT molecular complexity index is 540. The van der Waals surface area contributed by atoms with E-state index in [9.17, 15) is 9.59 Å². The molecule has 22 heavy (non-hydrogen) atoms. The Morgan fingerprint density at radius 3 is 2.68 bits per heavy atom. The Morgan fingerprint density at radius 2 is 2.18 bits per heavy atom. The summed E-state index contributed by atoms with van der Waals surface area (Å²) in [6, 6.07) is 2.41. The van der Waals surface area contributed by atoms with E-state index in [4.69, 9.17) is 16.0 Å². The van der Waals surface area contributed by atoms with Gasteiger partial charge in [0.05, 0.1) is 5.69 Å². The molecule has 0 spiro atoms. The zero-order valence-electron chi connectivity index (χ0n) is 12.5. The molecule has 0 radical (unpaired) electrons. The van der Waals surface area contributed by atoms with Crippen LogP contribution in [0.3, 0.4) is 0 Å². The average Bonchev–Trinajstić information content (AvgIpc) is 2.52. The highest BCUT2D eigenvalue weighted by Crippen LogP contribution is 2.12. The molecule has 0 aliphatic rings. The van der Waals surface area contributed by atoms with Crippen molar-refractivity contribution in [2.45, 2.75) is 38.6 Å². The van der Waals surface area contributed by atoms with Gasteiger partial charge in [-0.25, -0.2) is 5.48 Å². The number of carbonyl (C=O) groups is 2. The zero-order valence-corrected chi connectivity index (χ0v) is 12.5. The van der Waals surface area contributed by atoms with Gasteiger partial charge in [0.15, 0.2) is 0 Å². The van der Waals surface area contributed by atoms with Gasteiger partial charge in [-0.05, 0) is 30.5 Å². The summed E-state index contributed by atoms with van der Waals surface area (Å²) >= 11 is 0. The third kappa shape index (κ3) is 5.63. The van der Waals surface area contributed by atoms with Gasteiger partial charge in [-0.3, -0.25) is 19.8 Å². The number of rotatable bonds is 8. The lowest BCUT2D eigenvalue weighted by Gasteiger charge is -2.09. The van der Waals surface area contributed by atoms with E-state index in [1.54, 1.807) is 12.3 Å². The molecule has 1 aromatic heterocycles. The molecule has 1 heterocycles. The number of nitrogens with zero attached hydrogens (tertiary/aromatic N) is 1. The van der Waals surface area contributed by atoms with E-state index in [0.29, 0.717) is 5.69 Å². The molecule has 1 unspecified atom stereocenters. The first-order valence-electron chi connectivity index (χ1n) is 7.06. The van der Waals surface area contributed by atoms with Crippen LogP contribution in [-0.4, -0.2) is 33.2 Å². The van der Waals surface area contributed by atoms with Crippen LogP contribution in [0.2, 0.25) is 0 Å². The number of carboxylic acid groups (broad SMARTS) is 1. The maximum absolute atomic E-state index is 11.6. The minimum Gasteiger partial charge on any atom is -0.480 e. The van der Waals surface area contributed by atoms with Gasteiger partial charge in [0, 0.05) is 18.2 Å². The number of hydrogen-bond donors (Lipinski definition) is 4. The Balaban J connectivity index is 2.91. The number of unbranched alkanes of at least 4 members (excludes halogenated alkanes) is 1. The number of aryl methyl sites for hydroxylation is 1. The van der Waals surface area contributed by atoms with Gasteiger partial charge in [-0.1, -0.05) is 19.4 Å². The van der Waals surface area contributed by atoms with Crippen molar-refractivity contribution in [3.05, 3.63) is 35.2 Å². The van der Waals surface area contributed by atoms with Crippen LogP contribution in [0.1, 0.15) is 37.4 Å². The number of nitrogens with two attached hydrogens (primary N) is 1. The van der Waals surface area contributed by atoms with Crippen LogP contribution in [-0.2, 0) is 16.0 Å². The summed E-state index contributed by atoms with van der Waals surface area (Å²) in [5.41, 5.74) is 8.54. The topological polar surface area (TPSA) is 126 Å². The summed E-state index contributed by atoms with van der Waals surface area (Å²) in [5.74, 6) is -2.02. The van der Waals surface area contributed by atoms with Crippen LogP contribution >= 0.6 is 0 Å². The fourth-order valence-corrected chi connectivity index (χ4v) is 1.84. The lowest BCUT2D eigenvalue weighted by atomic mass is 10.0. The predicted molar refractivity (Wildman–Crippen MR) is 81.0 cm³/mol. The van der Waals surface area contributed by atoms with E-state index in [2.05, 4.69) is 11.9 Å². The quantitative estimate of drug-likeness (QED) is 0.324. The fraction of sp³-hybridized carbons (Fsp3) is 0.400. The van der Waals surface area contributed by atoms with Crippen LogP contribution in [0.4, 0.5) is 0 Å². The van der Waals surface area contributed by atoms with E-state index in [1.807, 2.05) is 6.07 Å². The summed E-state index contributed by atoms with van der Waals surface area (Å²) in [7, 11) is 0. The Kier molecular flexibility index (Phi) is 7.21. The first-order chi connectivity index (χ1) is 10.5. The second kappa shape index (κ2) is 8.91. The van der Waals surface area contributed by atoms with Gasteiger partial charge in [0.25, 0.3) is 5.91 Å². The molecule has 120 valence electrons. The third-order valence-corrected chi connectivity index (χ3v) is 3.14. The lowest BCUT2D eigenvalue weighted by molar-refractivity contribution is -0.138. The van der Waals surface area contributed by atoms with Crippen LogP contribution < -0.4 is 11.2 Å². The number of pyridine rings is 1. The van der Waals surface area contributed by atoms with E-state index >= 15 is 0 Å². The molecular weight excluding hydrogens is 286 g/mol. The van der Waals surface area contributed by atoms with Crippen LogP contribution in [0.5, 0.6) is 0 Å². The number of aliphatic carboxylic acids is 1. The molecule has 7 heteroatoms. The minimum absolute atomic E-state index is 0.0474. The standard InChI is InChI=1S/C15H21N3O4/c1-2-3-4-10-5-6-12(17-9-10)7-11(14(19)18-22)8-13(16)15(20)21/h5-7,9,13,22H,2-4,8,16H2,1H3,(H,18,19)(H,20,21)/b11-7-. The van der Waals surface area contributed by atoms with Gasteiger partial charge in [0.1, 0.15) is 6.04 Å². The first kappa shape index (κ1) is 17.8. The number of hydrogen-bond acceptors (Lipinski definition) is 5. The van der Waals surface area contributed by atoms with Crippen LogP contribution in [0, 0.1) is 0 Å². The predicted octanol–water partition coefficient (Wildman–Crippen LogP) is 1.12. The number of aromatic nitrogens is 1. The summed E-state index contributed by atoms with van der Waals surface area (Å²) in [6.45, 7) is 2.11. The Labute approximate surface area is 128 Å². The Morgan fingerprint density at radius 1 is 1.45 bits per heavy atom. The molecule has 0 aromatic carbocycles. The SMILES string of the molecule is CCCCc1ccc(/C=C(/CC(N)C(=O)O)C(=O)NO)nc1. The molecule has 0 aliphatic heterocycles. The van der Waals surface area contributed by atoms with E-state index in [-0.39, 0.29) is 12.0 Å². The van der Waals surface area contributed by atoms with Gasteiger partial charge >= 0.3 is 5.97 Å². The van der Waals surface area contributed by atoms with Crippen molar-refractivity contribution >= 4 is 18.0 Å². The molecule has 1 atom stereocenters. The van der Waals surface area contributed by atoms with E-state index in [0.717, 1.165) is 24.8 Å². The Hall–Kier alpha value is -2.25. The van der Waals surface area contributed by atoms with Gasteiger partial charge in [0.2, 0.25) is 0 Å². The van der Waals surface area contributed by atoms with E-state index < -0.39 is 17.9 Å². The van der Waals surface area contributed by atoms with E-state index in [1.165, 1.54) is 11.6 Å². The van der Waals surface area contributed by atoms with Crippen molar-refractivity contribution in [1.82, 2.24) is 10.5 Å². The van der Waals surface area contributed by atoms with Crippen LogP contribution in [0.25, 0.3) is 6.08 Å². The normalized spacial score (nSPS) is 12.8. The fourth-order valence-electron chi connectivity index (χ4n) is 1.84. The largest absolute Gasteiger partial charge is 0.480 e. The number of carbonyl (C=O) groups excluding carboxylic acids is 1. The first-order valence-corrected chi connectivity index (χ1v) is 7.06. The molecule has 0 saturated carbocycles. The molecule has 1 amide bonds. The monoisotopic (exact) mass is 307 g/mol. The van der Waals surface area contributed by atoms with Crippen molar-refractivity contribution < 1.29 is 19.9 Å². The molecule has 5 N–H and O–H groups in total. The van der Waals surface area contributed by atoms with Crippen molar-refractivity contribution in [1.29, 1.82) is 0 Å². The van der Waals surface area contributed by atoms with Gasteiger partial charge in [-0.15, -0.1) is 0 Å². The molecule has 0 saturated heterocycles. The molecule has 0 fully saturated rings. The molecule has 7 nitrogen and oxygen atoms in total. The number of amides is 1. The molecule has 0 aliphatic carbocycles. The summed E-state index contributed by atoms with van der Waals surface area (Å²) in [5, 5.41) is 17.5. The maximum Gasteiger partial charge on any atom is 0.320 e. The highest BCUT2D eigenvalue weighted by atomic mass is 16.5. The highest BCUT2D eigenvalue weighted by Gasteiger charge is 2.18. The molecule has 0 bridgehead atoms. The van der Waals surface area contributed by atoms with Crippen molar-refractivity contribution in [2.24, 2.45) is 5.73 Å². The lowest BCUT2D eigenvalue weighted by Crippen LogP contribution is -2.33. The summed E-state index contributed by atoms with van der Waals surface area (Å²) < 4.78 is 0. The average molecular weight is 307 g/mol. The zero-order chi connectivity index (χ0) is 16.5. The summed E-state index contributed by atoms with van der Waals surface area (Å²) in [4.78, 5) is 26.6. The second-order valence-electron chi connectivity index (χ2n) is 4.95. The maximum atomic E-state index is 11.6. The second-order valence-corrected chi connectivity index (χ2v) is 4.95. The summed E-state index contributed by atoms with van der Waals surface area (Å²) in [6.07, 6.45) is 6.02.